The average molecular weight is 376 g/mol. The van der Waals surface area contributed by atoms with E-state index >= 15 is 0 Å². The number of ether oxygens (including phenoxy) is 2. The molecule has 1 saturated heterocycles. The Morgan fingerprint density at radius 1 is 1.15 bits per heavy atom. The van der Waals surface area contributed by atoms with Gasteiger partial charge in [0.15, 0.2) is 0 Å². The Morgan fingerprint density at radius 2 is 1.92 bits per heavy atom. The summed E-state index contributed by atoms with van der Waals surface area (Å²) in [6, 6.07) is 17.5. The molecule has 2 aromatic carbocycles. The number of halogens is 1. The van der Waals surface area contributed by atoms with Gasteiger partial charge in [-0.15, -0.1) is 0 Å². The summed E-state index contributed by atoms with van der Waals surface area (Å²) in [5, 5.41) is 11.1. The average Bonchev–Trinajstić information content (AvgIpc) is 3.15. The van der Waals surface area contributed by atoms with Crippen LogP contribution in [0.25, 0.3) is 0 Å². The van der Waals surface area contributed by atoms with Gasteiger partial charge in [-0.1, -0.05) is 41.9 Å². The van der Waals surface area contributed by atoms with Crippen LogP contribution < -0.4 is 4.74 Å². The monoisotopic (exact) mass is 375 g/mol. The molecule has 1 N–H and O–H groups in total. The molecule has 4 nitrogen and oxygen atoms in total. The second-order valence-corrected chi connectivity index (χ2v) is 7.17. The molecule has 0 aromatic heterocycles. The van der Waals surface area contributed by atoms with Crippen LogP contribution >= 0.6 is 11.6 Å². The van der Waals surface area contributed by atoms with E-state index in [0.29, 0.717) is 17.3 Å². The van der Waals surface area contributed by atoms with Gasteiger partial charge in [0.2, 0.25) is 0 Å². The number of aliphatic hydroxyl groups excluding tert-OH is 1. The van der Waals surface area contributed by atoms with E-state index in [9.17, 15) is 5.11 Å². The number of benzene rings is 2. The predicted molar refractivity (Wildman–Crippen MR) is 104 cm³/mol. The Bertz CT molecular complexity index is 644. The van der Waals surface area contributed by atoms with E-state index in [0.717, 1.165) is 32.5 Å². The molecular formula is C21H26ClNO3. The van der Waals surface area contributed by atoms with Crippen LogP contribution in [0.3, 0.4) is 0 Å². The molecule has 1 fully saturated rings. The first-order chi connectivity index (χ1) is 12.7. The largest absolute Gasteiger partial charge is 0.491 e. The van der Waals surface area contributed by atoms with Crippen molar-refractivity contribution in [3.8, 4) is 5.75 Å². The van der Waals surface area contributed by atoms with Crippen molar-refractivity contribution in [2.75, 3.05) is 26.3 Å². The van der Waals surface area contributed by atoms with Crippen molar-refractivity contribution in [1.82, 2.24) is 4.90 Å². The highest BCUT2D eigenvalue weighted by molar-refractivity contribution is 6.30. The molecule has 0 bridgehead atoms. The second-order valence-electron chi connectivity index (χ2n) is 6.73. The lowest BCUT2D eigenvalue weighted by molar-refractivity contribution is 0.0313. The molecule has 26 heavy (non-hydrogen) atoms. The maximum absolute atomic E-state index is 10.5. The number of rotatable bonds is 9. The standard InChI is InChI=1S/C21H26ClNO3/c22-18-8-10-20(11-9-18)26-16-19(24)14-23(15-21-7-4-12-25-21)13-17-5-2-1-3-6-17/h1-3,5-6,8-11,19,21,24H,4,7,12-16H2/t19-,21-/m1/s1. The molecule has 1 aliphatic rings. The van der Waals surface area contributed by atoms with Crippen LogP contribution in [0.5, 0.6) is 5.75 Å². The number of nitrogens with zero attached hydrogens (tertiary/aromatic N) is 1. The fourth-order valence-corrected chi connectivity index (χ4v) is 3.32. The van der Waals surface area contributed by atoms with E-state index in [1.807, 2.05) is 30.3 Å². The number of aliphatic hydroxyl groups is 1. The third kappa shape index (κ3) is 6.29. The molecule has 1 aliphatic heterocycles. The first-order valence-corrected chi connectivity index (χ1v) is 9.51. The van der Waals surface area contributed by atoms with Gasteiger partial charge in [0.1, 0.15) is 18.5 Å². The van der Waals surface area contributed by atoms with Gasteiger partial charge in [-0.3, -0.25) is 4.90 Å². The molecule has 140 valence electrons. The minimum atomic E-state index is -0.573. The lowest BCUT2D eigenvalue weighted by Gasteiger charge is -2.27. The minimum Gasteiger partial charge on any atom is -0.491 e. The highest BCUT2D eigenvalue weighted by Gasteiger charge is 2.21. The zero-order valence-electron chi connectivity index (χ0n) is 14.9. The van der Waals surface area contributed by atoms with Crippen LogP contribution in [0.1, 0.15) is 18.4 Å². The highest BCUT2D eigenvalue weighted by Crippen LogP contribution is 2.17. The fourth-order valence-electron chi connectivity index (χ4n) is 3.20. The van der Waals surface area contributed by atoms with Crippen molar-refractivity contribution in [2.45, 2.75) is 31.6 Å². The van der Waals surface area contributed by atoms with Gasteiger partial charge >= 0.3 is 0 Å². The van der Waals surface area contributed by atoms with Crippen LogP contribution in [0.15, 0.2) is 54.6 Å². The molecule has 5 heteroatoms. The maximum Gasteiger partial charge on any atom is 0.119 e. The molecule has 0 aliphatic carbocycles. The molecular weight excluding hydrogens is 350 g/mol. The Kier molecular flexibility index (Phi) is 7.32. The summed E-state index contributed by atoms with van der Waals surface area (Å²) in [5.74, 6) is 0.710. The predicted octanol–water partition coefficient (Wildman–Crippen LogP) is 3.76. The van der Waals surface area contributed by atoms with Crippen molar-refractivity contribution < 1.29 is 14.6 Å². The summed E-state index contributed by atoms with van der Waals surface area (Å²) < 4.78 is 11.5. The van der Waals surface area contributed by atoms with Gasteiger partial charge in [0, 0.05) is 31.3 Å². The van der Waals surface area contributed by atoms with Crippen molar-refractivity contribution in [2.24, 2.45) is 0 Å². The summed E-state index contributed by atoms with van der Waals surface area (Å²) in [7, 11) is 0. The molecule has 0 radical (unpaired) electrons. The first-order valence-electron chi connectivity index (χ1n) is 9.13. The second kappa shape index (κ2) is 9.93. The molecule has 0 saturated carbocycles. The lowest BCUT2D eigenvalue weighted by atomic mass is 10.1. The van der Waals surface area contributed by atoms with E-state index in [1.54, 1.807) is 12.1 Å². The van der Waals surface area contributed by atoms with Crippen LogP contribution in [0, 0.1) is 0 Å². The van der Waals surface area contributed by atoms with E-state index in [4.69, 9.17) is 21.1 Å². The third-order valence-corrected chi connectivity index (χ3v) is 4.71. The third-order valence-electron chi connectivity index (χ3n) is 4.46. The Hall–Kier alpha value is -1.59. The molecule has 3 rings (SSSR count). The van der Waals surface area contributed by atoms with Crippen LogP contribution in [0.2, 0.25) is 5.02 Å². The normalized spacial score (nSPS) is 18.2. The smallest absolute Gasteiger partial charge is 0.119 e. The van der Waals surface area contributed by atoms with E-state index in [-0.39, 0.29) is 12.7 Å². The number of hydrogen-bond donors (Lipinski definition) is 1. The van der Waals surface area contributed by atoms with Gasteiger partial charge in [0.25, 0.3) is 0 Å². The topological polar surface area (TPSA) is 41.9 Å². The van der Waals surface area contributed by atoms with Gasteiger partial charge < -0.3 is 14.6 Å². The summed E-state index contributed by atoms with van der Waals surface area (Å²) in [5.41, 5.74) is 1.23. The minimum absolute atomic E-state index is 0.248. The van der Waals surface area contributed by atoms with E-state index in [2.05, 4.69) is 17.0 Å². The molecule has 2 atom stereocenters. The molecule has 0 amide bonds. The van der Waals surface area contributed by atoms with Crippen LogP contribution in [0.4, 0.5) is 0 Å². The molecule has 2 aromatic rings. The fraction of sp³-hybridized carbons (Fsp3) is 0.429. The lowest BCUT2D eigenvalue weighted by Crippen LogP contribution is -2.39. The SMILES string of the molecule is O[C@@H](COc1ccc(Cl)cc1)CN(Cc1ccccc1)C[C@H]1CCCO1. The molecule has 1 heterocycles. The van der Waals surface area contributed by atoms with Crippen molar-refractivity contribution >= 4 is 11.6 Å². The van der Waals surface area contributed by atoms with Crippen molar-refractivity contribution in [3.63, 3.8) is 0 Å². The number of hydrogen-bond acceptors (Lipinski definition) is 4. The summed E-state index contributed by atoms with van der Waals surface area (Å²) in [4.78, 5) is 2.25. The first kappa shape index (κ1) is 19.2. The zero-order chi connectivity index (χ0) is 18.2. The summed E-state index contributed by atoms with van der Waals surface area (Å²) >= 11 is 5.88. The van der Waals surface area contributed by atoms with E-state index in [1.165, 1.54) is 5.56 Å². The van der Waals surface area contributed by atoms with Gasteiger partial charge in [-0.25, -0.2) is 0 Å². The van der Waals surface area contributed by atoms with Crippen LogP contribution in [-0.4, -0.2) is 48.5 Å². The van der Waals surface area contributed by atoms with Crippen molar-refractivity contribution in [3.05, 3.63) is 65.2 Å². The van der Waals surface area contributed by atoms with Gasteiger partial charge in [-0.2, -0.15) is 0 Å². The zero-order valence-corrected chi connectivity index (χ0v) is 15.6. The summed E-state index contributed by atoms with van der Waals surface area (Å²) in [6.07, 6.45) is 1.88. The Balaban J connectivity index is 1.53. The van der Waals surface area contributed by atoms with Gasteiger partial charge in [0.05, 0.1) is 6.10 Å². The Morgan fingerprint density at radius 3 is 2.62 bits per heavy atom. The summed E-state index contributed by atoms with van der Waals surface area (Å²) in [6.45, 7) is 3.25. The molecule has 0 spiro atoms. The maximum atomic E-state index is 10.5. The highest BCUT2D eigenvalue weighted by atomic mass is 35.5. The quantitative estimate of drug-likeness (QED) is 0.724. The Labute approximate surface area is 160 Å². The van der Waals surface area contributed by atoms with E-state index < -0.39 is 6.10 Å². The van der Waals surface area contributed by atoms with Crippen molar-refractivity contribution in [1.29, 1.82) is 0 Å². The van der Waals surface area contributed by atoms with Gasteiger partial charge in [-0.05, 0) is 42.7 Å². The van der Waals surface area contributed by atoms with Crippen LogP contribution in [-0.2, 0) is 11.3 Å². The molecule has 0 unspecified atom stereocenters.